The Morgan fingerprint density at radius 2 is 1.96 bits per heavy atom. The number of benzene rings is 1. The van der Waals surface area contributed by atoms with Gasteiger partial charge in [-0.1, -0.05) is 18.2 Å². The fourth-order valence-corrected chi connectivity index (χ4v) is 2.62. The molecule has 0 aromatic heterocycles. The molecule has 0 aliphatic carbocycles. The number of likely N-dealkylation sites (tertiary alicyclic amines) is 1. The van der Waals surface area contributed by atoms with E-state index in [1.165, 1.54) is 4.90 Å². The Kier molecular flexibility index (Phi) is 4.95. The first kappa shape index (κ1) is 16.5. The molecule has 1 aromatic carbocycles. The molecule has 0 bridgehead atoms. The van der Waals surface area contributed by atoms with Gasteiger partial charge < -0.3 is 21.7 Å². The first-order valence-electron chi connectivity index (χ1n) is 7.22. The quantitative estimate of drug-likeness (QED) is 0.521. The number of nitrogens with zero attached hydrogens (tertiary/aromatic N) is 1. The number of primary amides is 2. The van der Waals surface area contributed by atoms with Gasteiger partial charge in [0.25, 0.3) is 5.91 Å². The van der Waals surface area contributed by atoms with E-state index in [9.17, 15) is 14.4 Å². The molecule has 1 aromatic rings. The number of carbonyl (C=O) groups excluding carboxylic acids is 3. The molecule has 0 radical (unpaired) electrons. The van der Waals surface area contributed by atoms with Gasteiger partial charge >= 0.3 is 0 Å². The third-order valence-electron chi connectivity index (χ3n) is 3.77. The van der Waals surface area contributed by atoms with Crippen LogP contribution in [-0.2, 0) is 14.4 Å². The molecule has 122 valence electrons. The minimum atomic E-state index is -0.848. The number of nitrogens with one attached hydrogen (secondary N) is 2. The van der Waals surface area contributed by atoms with Gasteiger partial charge in [0.2, 0.25) is 11.8 Å². The van der Waals surface area contributed by atoms with Crippen molar-refractivity contribution in [2.75, 3.05) is 18.4 Å². The number of nitrogens with two attached hydrogens (primary N) is 2. The van der Waals surface area contributed by atoms with Gasteiger partial charge in [-0.15, -0.1) is 0 Å². The van der Waals surface area contributed by atoms with E-state index >= 15 is 0 Å². The summed E-state index contributed by atoms with van der Waals surface area (Å²) in [6.45, 7) is 0.430. The third-order valence-corrected chi connectivity index (χ3v) is 3.77. The van der Waals surface area contributed by atoms with Crippen molar-refractivity contribution in [3.63, 3.8) is 0 Å². The van der Waals surface area contributed by atoms with Crippen LogP contribution in [-0.4, -0.2) is 47.5 Å². The molecule has 1 heterocycles. The van der Waals surface area contributed by atoms with Gasteiger partial charge in [0.1, 0.15) is 11.8 Å². The zero-order valence-corrected chi connectivity index (χ0v) is 12.5. The molecular weight excluding hydrogens is 298 g/mol. The zero-order chi connectivity index (χ0) is 17.0. The number of hydrogen-bond donors (Lipinski definition) is 4. The topological polar surface area (TPSA) is 142 Å². The monoisotopic (exact) mass is 317 g/mol. The molecule has 1 aliphatic heterocycles. The highest BCUT2D eigenvalue weighted by atomic mass is 16.2. The summed E-state index contributed by atoms with van der Waals surface area (Å²) in [6.07, 6.45) is 1.31. The number of anilines is 1. The first-order chi connectivity index (χ1) is 10.9. The smallest absolute Gasteiger partial charge is 0.267 e. The Morgan fingerprint density at radius 3 is 2.61 bits per heavy atom. The van der Waals surface area contributed by atoms with E-state index < -0.39 is 17.9 Å². The lowest BCUT2D eigenvalue weighted by atomic mass is 10.1. The van der Waals surface area contributed by atoms with Crippen molar-refractivity contribution in [2.24, 2.45) is 11.5 Å². The number of para-hydroxylation sites is 1. The summed E-state index contributed by atoms with van der Waals surface area (Å²) in [5.41, 5.74) is 10.9. The van der Waals surface area contributed by atoms with E-state index in [2.05, 4.69) is 5.32 Å². The standard InChI is InChI=1S/C15H19N5O3/c16-13(15(18)23)9-4-1-2-5-10(9)19-8-12(21)20-7-3-6-11(20)14(17)22/h1-2,4-5,11,16,19H,3,6-8H2,(H2,17,22)(H2,18,23). The second-order valence-corrected chi connectivity index (χ2v) is 5.29. The van der Waals surface area contributed by atoms with Crippen LogP contribution in [0.1, 0.15) is 18.4 Å². The lowest BCUT2D eigenvalue weighted by Gasteiger charge is -2.22. The number of amides is 3. The van der Waals surface area contributed by atoms with Gasteiger partial charge in [-0.3, -0.25) is 19.8 Å². The molecule has 8 heteroatoms. The fourth-order valence-electron chi connectivity index (χ4n) is 2.62. The van der Waals surface area contributed by atoms with Crippen molar-refractivity contribution in [3.05, 3.63) is 29.8 Å². The Morgan fingerprint density at radius 1 is 1.26 bits per heavy atom. The summed E-state index contributed by atoms with van der Waals surface area (Å²) in [6, 6.07) is 6.04. The Hall–Kier alpha value is -2.90. The average Bonchev–Trinajstić information content (AvgIpc) is 3.02. The fraction of sp³-hybridized carbons (Fsp3) is 0.333. The van der Waals surface area contributed by atoms with Crippen LogP contribution in [0.5, 0.6) is 0 Å². The maximum absolute atomic E-state index is 12.3. The largest absolute Gasteiger partial charge is 0.376 e. The lowest BCUT2D eigenvalue weighted by molar-refractivity contribution is -0.135. The molecule has 1 fully saturated rings. The van der Waals surface area contributed by atoms with E-state index in [1.807, 2.05) is 0 Å². The van der Waals surface area contributed by atoms with Crippen molar-refractivity contribution >= 4 is 29.1 Å². The van der Waals surface area contributed by atoms with Crippen LogP contribution < -0.4 is 16.8 Å². The highest BCUT2D eigenvalue weighted by Gasteiger charge is 2.32. The summed E-state index contributed by atoms with van der Waals surface area (Å²) in [5, 5.41) is 10.6. The summed E-state index contributed by atoms with van der Waals surface area (Å²) in [5.74, 6) is -1.61. The van der Waals surface area contributed by atoms with Crippen molar-refractivity contribution in [3.8, 4) is 0 Å². The zero-order valence-electron chi connectivity index (χ0n) is 12.5. The lowest BCUT2D eigenvalue weighted by Crippen LogP contribution is -2.45. The highest BCUT2D eigenvalue weighted by Crippen LogP contribution is 2.18. The van der Waals surface area contributed by atoms with Gasteiger partial charge in [0.15, 0.2) is 0 Å². The highest BCUT2D eigenvalue weighted by molar-refractivity contribution is 6.44. The van der Waals surface area contributed by atoms with Crippen LogP contribution >= 0.6 is 0 Å². The molecule has 0 saturated carbocycles. The van der Waals surface area contributed by atoms with E-state index in [0.717, 1.165) is 6.42 Å². The van der Waals surface area contributed by atoms with Gasteiger partial charge in [-0.25, -0.2) is 0 Å². The molecular formula is C15H19N5O3. The molecule has 0 spiro atoms. The summed E-state index contributed by atoms with van der Waals surface area (Å²) in [7, 11) is 0. The Bertz CT molecular complexity index is 658. The SMILES string of the molecule is N=C(C(N)=O)c1ccccc1NCC(=O)N1CCCC1C(N)=O. The van der Waals surface area contributed by atoms with E-state index in [4.69, 9.17) is 16.9 Å². The number of hydrogen-bond acceptors (Lipinski definition) is 5. The van der Waals surface area contributed by atoms with Crippen molar-refractivity contribution in [1.29, 1.82) is 5.41 Å². The summed E-state index contributed by atoms with van der Waals surface area (Å²) in [4.78, 5) is 36.2. The minimum absolute atomic E-state index is 0.0627. The van der Waals surface area contributed by atoms with Gasteiger partial charge in [-0.05, 0) is 18.9 Å². The van der Waals surface area contributed by atoms with Crippen LogP contribution in [0.3, 0.4) is 0 Å². The van der Waals surface area contributed by atoms with Crippen LogP contribution in [0.4, 0.5) is 5.69 Å². The molecule has 8 nitrogen and oxygen atoms in total. The van der Waals surface area contributed by atoms with Crippen molar-refractivity contribution in [1.82, 2.24) is 4.90 Å². The van der Waals surface area contributed by atoms with Crippen molar-refractivity contribution < 1.29 is 14.4 Å². The molecule has 1 unspecified atom stereocenters. The van der Waals surface area contributed by atoms with Crippen LogP contribution in [0, 0.1) is 5.41 Å². The molecule has 2 rings (SSSR count). The van der Waals surface area contributed by atoms with Gasteiger partial charge in [0, 0.05) is 17.8 Å². The van der Waals surface area contributed by atoms with Crippen LogP contribution in [0.25, 0.3) is 0 Å². The average molecular weight is 317 g/mol. The number of carbonyl (C=O) groups is 3. The molecule has 23 heavy (non-hydrogen) atoms. The van der Waals surface area contributed by atoms with E-state index in [-0.39, 0.29) is 18.2 Å². The second-order valence-electron chi connectivity index (χ2n) is 5.29. The maximum atomic E-state index is 12.3. The maximum Gasteiger partial charge on any atom is 0.267 e. The normalized spacial score (nSPS) is 16.9. The molecule has 1 aliphatic rings. The minimum Gasteiger partial charge on any atom is -0.376 e. The third kappa shape index (κ3) is 3.65. The van der Waals surface area contributed by atoms with Crippen LogP contribution in [0.15, 0.2) is 24.3 Å². The van der Waals surface area contributed by atoms with Gasteiger partial charge in [-0.2, -0.15) is 0 Å². The second kappa shape index (κ2) is 6.91. The summed E-state index contributed by atoms with van der Waals surface area (Å²) >= 11 is 0. The molecule has 3 amide bonds. The molecule has 1 saturated heterocycles. The summed E-state index contributed by atoms with van der Waals surface area (Å²) < 4.78 is 0. The predicted octanol–water partition coefficient (Wildman–Crippen LogP) is -0.572. The number of rotatable bonds is 6. The molecule has 1 atom stereocenters. The Labute approximate surface area is 133 Å². The van der Waals surface area contributed by atoms with E-state index in [0.29, 0.717) is 24.2 Å². The predicted molar refractivity (Wildman–Crippen MR) is 84.9 cm³/mol. The first-order valence-corrected chi connectivity index (χ1v) is 7.22. The van der Waals surface area contributed by atoms with Crippen molar-refractivity contribution in [2.45, 2.75) is 18.9 Å². The van der Waals surface area contributed by atoms with Crippen LogP contribution in [0.2, 0.25) is 0 Å². The van der Waals surface area contributed by atoms with Gasteiger partial charge in [0.05, 0.1) is 6.54 Å². The molecule has 6 N–H and O–H groups in total. The Balaban J connectivity index is 2.07. The van der Waals surface area contributed by atoms with E-state index in [1.54, 1.807) is 24.3 Å².